The third-order valence-electron chi connectivity index (χ3n) is 5.25. The molecule has 2 aliphatic carbocycles. The molecule has 1 aromatic heterocycles. The second-order valence-corrected chi connectivity index (χ2v) is 9.41. The highest BCUT2D eigenvalue weighted by atomic mass is 32.2. The van der Waals surface area contributed by atoms with E-state index in [0.717, 1.165) is 30.3 Å². The Labute approximate surface area is 156 Å². The third-order valence-corrected chi connectivity index (χ3v) is 6.89. The number of hydrogen-bond donors (Lipinski definition) is 1. The summed E-state index contributed by atoms with van der Waals surface area (Å²) in [7, 11) is -3.77. The smallest absolute Gasteiger partial charge is 0.293 e. The molecular weight excluding hydrogens is 368 g/mol. The minimum Gasteiger partial charge on any atom is -0.293 e. The normalized spacial score (nSPS) is 18.4. The predicted octanol–water partition coefficient (Wildman–Crippen LogP) is 0.928. The molecule has 0 aliphatic heterocycles. The summed E-state index contributed by atoms with van der Waals surface area (Å²) in [5.74, 6) is 0.374. The van der Waals surface area contributed by atoms with Gasteiger partial charge in [-0.3, -0.25) is 9.36 Å². The van der Waals surface area contributed by atoms with Gasteiger partial charge in [-0.15, -0.1) is 0 Å². The molecule has 0 atom stereocenters. The van der Waals surface area contributed by atoms with Crippen LogP contribution in [-0.4, -0.2) is 23.1 Å². The molecule has 2 saturated carbocycles. The van der Waals surface area contributed by atoms with E-state index in [1.807, 2.05) is 13.0 Å². The second kappa shape index (κ2) is 6.04. The van der Waals surface area contributed by atoms with Gasteiger partial charge in [0.05, 0.1) is 21.9 Å². The van der Waals surface area contributed by atoms with Crippen molar-refractivity contribution in [3.8, 4) is 6.07 Å². The van der Waals surface area contributed by atoms with Crippen LogP contribution in [0, 0.1) is 17.2 Å². The summed E-state index contributed by atoms with van der Waals surface area (Å²) in [4.78, 5) is 25.4. The number of fused-ring (bicyclic) bond motifs is 1. The maximum atomic E-state index is 12.8. The summed E-state index contributed by atoms with van der Waals surface area (Å²) in [5.41, 5.74) is -1.19. The monoisotopic (exact) mass is 388 g/mol. The lowest BCUT2D eigenvalue weighted by molar-refractivity contribution is 0.557. The summed E-state index contributed by atoms with van der Waals surface area (Å²) < 4.78 is 30.3. The standard InChI is InChI=1S/C18H20N4O4S/c1-18(6-7-18)20-27(25,26)13-4-5-15-14(10-13)16(23)21(9-8-19)17(24)22(15)11-12-2-3-12/h4-5,10,12,20H,2-3,6-7,9,11H2,1H3. The van der Waals surface area contributed by atoms with E-state index in [1.165, 1.54) is 22.8 Å². The van der Waals surface area contributed by atoms with Crippen molar-refractivity contribution in [2.24, 2.45) is 5.92 Å². The van der Waals surface area contributed by atoms with E-state index >= 15 is 0 Å². The van der Waals surface area contributed by atoms with Gasteiger partial charge in [0.2, 0.25) is 10.0 Å². The van der Waals surface area contributed by atoms with Crippen molar-refractivity contribution in [2.45, 2.75) is 56.1 Å². The number of nitrogens with one attached hydrogen (secondary N) is 1. The van der Waals surface area contributed by atoms with Crippen molar-refractivity contribution in [1.82, 2.24) is 13.9 Å². The highest BCUT2D eigenvalue weighted by Gasteiger charge is 2.41. The fraction of sp³-hybridized carbons (Fsp3) is 0.500. The molecule has 2 aromatic rings. The van der Waals surface area contributed by atoms with Crippen LogP contribution in [0.5, 0.6) is 0 Å². The summed E-state index contributed by atoms with van der Waals surface area (Å²) >= 11 is 0. The number of hydrogen-bond acceptors (Lipinski definition) is 5. The summed E-state index contributed by atoms with van der Waals surface area (Å²) in [6, 6.07) is 6.08. The first-order chi connectivity index (χ1) is 12.7. The van der Waals surface area contributed by atoms with Crippen molar-refractivity contribution in [3.05, 3.63) is 39.0 Å². The number of benzene rings is 1. The molecule has 0 spiro atoms. The molecule has 8 nitrogen and oxygen atoms in total. The number of sulfonamides is 1. The SMILES string of the molecule is CC1(NS(=O)(=O)c2ccc3c(c2)c(=O)n(CC#N)c(=O)n3CC2CC2)CC1. The Bertz CT molecular complexity index is 1190. The Morgan fingerprint density at radius 2 is 1.96 bits per heavy atom. The summed E-state index contributed by atoms with van der Waals surface area (Å²) in [6.07, 6.45) is 3.58. The van der Waals surface area contributed by atoms with Crippen LogP contribution in [0.15, 0.2) is 32.7 Å². The highest BCUT2D eigenvalue weighted by molar-refractivity contribution is 7.89. The van der Waals surface area contributed by atoms with Gasteiger partial charge < -0.3 is 0 Å². The molecule has 0 saturated heterocycles. The Hall–Kier alpha value is -2.44. The number of aromatic nitrogens is 2. The van der Waals surface area contributed by atoms with Gasteiger partial charge in [-0.25, -0.2) is 22.5 Å². The zero-order chi connectivity index (χ0) is 19.4. The summed E-state index contributed by atoms with van der Waals surface area (Å²) in [6.45, 7) is 1.92. The van der Waals surface area contributed by atoms with E-state index in [0.29, 0.717) is 18.0 Å². The lowest BCUT2D eigenvalue weighted by Gasteiger charge is -2.15. The van der Waals surface area contributed by atoms with Crippen LogP contribution in [0.25, 0.3) is 10.9 Å². The number of rotatable bonds is 6. The van der Waals surface area contributed by atoms with E-state index in [2.05, 4.69) is 4.72 Å². The molecule has 0 unspecified atom stereocenters. The predicted molar refractivity (Wildman–Crippen MR) is 98.8 cm³/mol. The molecular formula is C18H20N4O4S. The van der Waals surface area contributed by atoms with Gasteiger partial charge in [0, 0.05) is 12.1 Å². The first kappa shape index (κ1) is 17.9. The zero-order valence-electron chi connectivity index (χ0n) is 14.9. The van der Waals surface area contributed by atoms with Crippen LogP contribution < -0.4 is 16.0 Å². The van der Waals surface area contributed by atoms with Crippen molar-refractivity contribution in [2.75, 3.05) is 0 Å². The molecule has 1 aromatic carbocycles. The highest BCUT2D eigenvalue weighted by Crippen LogP contribution is 2.36. The molecule has 2 fully saturated rings. The van der Waals surface area contributed by atoms with Gasteiger partial charge in [0.25, 0.3) is 5.56 Å². The van der Waals surface area contributed by atoms with Crippen LogP contribution in [0.4, 0.5) is 0 Å². The lowest BCUT2D eigenvalue weighted by atomic mass is 10.2. The topological polar surface area (TPSA) is 114 Å². The quantitative estimate of drug-likeness (QED) is 0.791. The van der Waals surface area contributed by atoms with Crippen LogP contribution in [0.3, 0.4) is 0 Å². The van der Waals surface area contributed by atoms with Crippen molar-refractivity contribution >= 4 is 20.9 Å². The van der Waals surface area contributed by atoms with E-state index in [4.69, 9.17) is 5.26 Å². The zero-order valence-corrected chi connectivity index (χ0v) is 15.8. The maximum absolute atomic E-state index is 12.8. The maximum Gasteiger partial charge on any atom is 0.332 e. The second-order valence-electron chi connectivity index (χ2n) is 7.73. The first-order valence-electron chi connectivity index (χ1n) is 8.92. The first-order valence-corrected chi connectivity index (χ1v) is 10.4. The molecule has 1 N–H and O–H groups in total. The van der Waals surface area contributed by atoms with Crippen LogP contribution in [-0.2, 0) is 23.1 Å². The fourth-order valence-electron chi connectivity index (χ4n) is 3.19. The Balaban J connectivity index is 1.91. The number of nitriles is 1. The van der Waals surface area contributed by atoms with E-state index in [-0.39, 0.29) is 16.8 Å². The third kappa shape index (κ3) is 3.31. The number of nitrogens with zero attached hydrogens (tertiary/aromatic N) is 3. The Morgan fingerprint density at radius 1 is 1.26 bits per heavy atom. The lowest BCUT2D eigenvalue weighted by Crippen LogP contribution is -2.40. The molecule has 2 aliphatic rings. The Morgan fingerprint density at radius 3 is 2.56 bits per heavy atom. The van der Waals surface area contributed by atoms with Crippen molar-refractivity contribution in [3.63, 3.8) is 0 Å². The van der Waals surface area contributed by atoms with E-state index < -0.39 is 26.8 Å². The molecule has 27 heavy (non-hydrogen) atoms. The van der Waals surface area contributed by atoms with Gasteiger partial charge in [-0.1, -0.05) is 0 Å². The average molecular weight is 388 g/mol. The average Bonchev–Trinajstić information content (AvgIpc) is 3.54. The largest absolute Gasteiger partial charge is 0.332 e. The summed E-state index contributed by atoms with van der Waals surface area (Å²) in [5, 5.41) is 9.11. The van der Waals surface area contributed by atoms with Crippen LogP contribution >= 0.6 is 0 Å². The molecule has 0 radical (unpaired) electrons. The van der Waals surface area contributed by atoms with E-state index in [1.54, 1.807) is 0 Å². The van der Waals surface area contributed by atoms with Crippen LogP contribution in [0.2, 0.25) is 0 Å². The van der Waals surface area contributed by atoms with Gasteiger partial charge in [-0.2, -0.15) is 5.26 Å². The van der Waals surface area contributed by atoms with Gasteiger partial charge >= 0.3 is 5.69 Å². The molecule has 1 heterocycles. The minimum absolute atomic E-state index is 0.0136. The molecule has 142 valence electrons. The van der Waals surface area contributed by atoms with Gasteiger partial charge in [-0.05, 0) is 56.7 Å². The van der Waals surface area contributed by atoms with Crippen molar-refractivity contribution in [1.29, 1.82) is 5.26 Å². The van der Waals surface area contributed by atoms with Gasteiger partial charge in [0.15, 0.2) is 0 Å². The molecule has 0 amide bonds. The molecule has 0 bridgehead atoms. The Kier molecular flexibility index (Phi) is 4.01. The minimum atomic E-state index is -3.77. The fourth-order valence-corrected chi connectivity index (χ4v) is 4.68. The van der Waals surface area contributed by atoms with Crippen LogP contribution in [0.1, 0.15) is 32.6 Å². The van der Waals surface area contributed by atoms with Gasteiger partial charge in [0.1, 0.15) is 6.54 Å². The van der Waals surface area contributed by atoms with Crippen molar-refractivity contribution < 1.29 is 8.42 Å². The molecule has 9 heteroatoms. The van der Waals surface area contributed by atoms with E-state index in [9.17, 15) is 18.0 Å². The molecule has 4 rings (SSSR count).